The van der Waals surface area contributed by atoms with Gasteiger partial charge in [-0.2, -0.15) is 26.3 Å². The van der Waals surface area contributed by atoms with Crippen molar-refractivity contribution >= 4 is 17.7 Å². The van der Waals surface area contributed by atoms with Gasteiger partial charge in [0.15, 0.2) is 12.1 Å². The van der Waals surface area contributed by atoms with Crippen molar-refractivity contribution in [2.75, 3.05) is 50.8 Å². The predicted molar refractivity (Wildman–Crippen MR) is 110 cm³/mol. The van der Waals surface area contributed by atoms with E-state index in [9.17, 15) is 41.0 Å². The first-order valence-electron chi connectivity index (χ1n) is 10.8. The lowest BCUT2D eigenvalue weighted by Gasteiger charge is -2.36. The van der Waals surface area contributed by atoms with Crippen LogP contribution in [0, 0.1) is 0 Å². The quantitative estimate of drug-likeness (QED) is 0.606. The number of rotatable bonds is 5. The van der Waals surface area contributed by atoms with Crippen LogP contribution in [0.15, 0.2) is 18.2 Å². The molecule has 35 heavy (non-hydrogen) atoms. The van der Waals surface area contributed by atoms with E-state index < -0.39 is 42.1 Å². The third-order valence-corrected chi connectivity index (χ3v) is 5.83. The van der Waals surface area contributed by atoms with Crippen molar-refractivity contribution in [2.45, 2.75) is 38.0 Å². The first-order valence-corrected chi connectivity index (χ1v) is 10.8. The van der Waals surface area contributed by atoms with Crippen molar-refractivity contribution in [3.8, 4) is 0 Å². The minimum absolute atomic E-state index is 0.0414. The summed E-state index contributed by atoms with van der Waals surface area (Å²) < 4.78 is 88.1. The number of carbonyl (C=O) groups excluding carboxylic acids is 1. The van der Waals surface area contributed by atoms with Gasteiger partial charge in [-0.05, 0) is 30.7 Å². The van der Waals surface area contributed by atoms with E-state index in [1.165, 1.54) is 11.0 Å². The summed E-state index contributed by atoms with van der Waals surface area (Å²) in [6.07, 6.45) is -12.7. The summed E-state index contributed by atoms with van der Waals surface area (Å²) in [5, 5.41) is 9.44. The zero-order valence-corrected chi connectivity index (χ0v) is 18.7. The van der Waals surface area contributed by atoms with Crippen LogP contribution in [0.4, 0.5) is 36.8 Å². The minimum Gasteiger partial charge on any atom is -0.480 e. The third kappa shape index (κ3) is 6.90. The lowest BCUT2D eigenvalue weighted by atomic mass is 10.1. The molecule has 2 aliphatic heterocycles. The molecule has 8 nitrogen and oxygen atoms in total. The van der Waals surface area contributed by atoms with Gasteiger partial charge in [0.1, 0.15) is 0 Å². The second kappa shape index (κ2) is 10.5. The highest BCUT2D eigenvalue weighted by atomic mass is 19.4. The van der Waals surface area contributed by atoms with Gasteiger partial charge in [0.05, 0.1) is 18.8 Å². The number of hydrogen-bond donors (Lipinski definition) is 1. The Balaban J connectivity index is 1.71. The van der Waals surface area contributed by atoms with Crippen molar-refractivity contribution in [3.63, 3.8) is 0 Å². The van der Waals surface area contributed by atoms with Crippen LogP contribution in [0.25, 0.3) is 0 Å². The topological polar surface area (TPSA) is 82.5 Å². The fraction of sp³-hybridized carbons (Fsp3) is 0.619. The molecule has 2 unspecified atom stereocenters. The normalized spacial score (nSPS) is 21.1. The number of hydrogen-bond acceptors (Lipinski definition) is 6. The van der Waals surface area contributed by atoms with Crippen LogP contribution in [0.2, 0.25) is 0 Å². The molecule has 2 fully saturated rings. The van der Waals surface area contributed by atoms with Gasteiger partial charge in [0.25, 0.3) is 0 Å². The van der Waals surface area contributed by atoms with Gasteiger partial charge in [0.2, 0.25) is 0 Å². The van der Waals surface area contributed by atoms with Gasteiger partial charge in [-0.15, -0.1) is 0 Å². The maximum absolute atomic E-state index is 13.6. The third-order valence-electron chi connectivity index (χ3n) is 5.83. The van der Waals surface area contributed by atoms with Gasteiger partial charge in [0, 0.05) is 45.0 Å². The highest BCUT2D eigenvalue weighted by Crippen LogP contribution is 2.34. The van der Waals surface area contributed by atoms with E-state index >= 15 is 0 Å². The van der Waals surface area contributed by atoms with Gasteiger partial charge in [-0.1, -0.05) is 0 Å². The Morgan fingerprint density at radius 3 is 2.31 bits per heavy atom. The van der Waals surface area contributed by atoms with Crippen LogP contribution in [-0.4, -0.2) is 91.2 Å². The summed E-state index contributed by atoms with van der Waals surface area (Å²) in [6, 6.07) is 2.24. The number of carbonyl (C=O) groups is 2. The molecule has 0 radical (unpaired) electrons. The standard InChI is InChI=1S/C21H25F6N3O5/c1-13(20(22,23)24)35-19(33)29-4-2-28(3-5-29)11-14-8-15(21(25,26)27)10-16(9-14)30-6-7-34-12-17(30)18(31)32/h8-10,13,17H,2-7,11-12H2,1H3,(H,31,32). The number of halogens is 6. The monoisotopic (exact) mass is 513 g/mol. The largest absolute Gasteiger partial charge is 0.480 e. The lowest BCUT2D eigenvalue weighted by Crippen LogP contribution is -2.50. The number of aliphatic carboxylic acids is 1. The molecular formula is C21H25F6N3O5. The van der Waals surface area contributed by atoms with E-state index in [-0.39, 0.29) is 63.7 Å². The Labute approximate surface area is 197 Å². The van der Waals surface area contributed by atoms with Crippen LogP contribution >= 0.6 is 0 Å². The summed E-state index contributed by atoms with van der Waals surface area (Å²) in [7, 11) is 0. The number of amides is 1. The number of carboxylic acid groups (broad SMARTS) is 1. The molecule has 3 rings (SSSR count). The molecule has 0 bridgehead atoms. The lowest BCUT2D eigenvalue weighted by molar-refractivity contribution is -0.200. The molecule has 0 spiro atoms. The number of morpholine rings is 1. The van der Waals surface area contributed by atoms with E-state index in [4.69, 9.17) is 4.74 Å². The van der Waals surface area contributed by atoms with Gasteiger partial charge in [-0.25, -0.2) is 9.59 Å². The minimum atomic E-state index is -4.68. The highest BCUT2D eigenvalue weighted by Gasteiger charge is 2.40. The molecule has 0 saturated carbocycles. The van der Waals surface area contributed by atoms with Crippen molar-refractivity contribution in [3.05, 3.63) is 29.3 Å². The smallest absolute Gasteiger partial charge is 0.425 e. The zero-order valence-electron chi connectivity index (χ0n) is 18.7. The Morgan fingerprint density at radius 2 is 1.74 bits per heavy atom. The summed E-state index contributed by atoms with van der Waals surface area (Å²) in [4.78, 5) is 27.8. The van der Waals surface area contributed by atoms with E-state index in [1.54, 1.807) is 4.90 Å². The van der Waals surface area contributed by atoms with Crippen molar-refractivity contribution in [1.29, 1.82) is 0 Å². The molecule has 196 valence electrons. The van der Waals surface area contributed by atoms with Crippen LogP contribution in [0.3, 0.4) is 0 Å². The molecule has 1 amide bonds. The van der Waals surface area contributed by atoms with Crippen LogP contribution in [0.1, 0.15) is 18.1 Å². The average Bonchev–Trinajstić information content (AvgIpc) is 2.78. The van der Waals surface area contributed by atoms with Crippen molar-refractivity contribution in [2.24, 2.45) is 0 Å². The summed E-state index contributed by atoms with van der Waals surface area (Å²) in [5.41, 5.74) is -0.537. The van der Waals surface area contributed by atoms with Crippen LogP contribution in [0.5, 0.6) is 0 Å². The first kappa shape index (κ1) is 26.9. The number of carboxylic acids is 1. The molecule has 1 aromatic carbocycles. The molecule has 1 aromatic rings. The highest BCUT2D eigenvalue weighted by molar-refractivity contribution is 5.79. The average molecular weight is 513 g/mol. The van der Waals surface area contributed by atoms with Crippen molar-refractivity contribution < 1.29 is 50.5 Å². The number of ether oxygens (including phenoxy) is 2. The number of nitrogens with zero attached hydrogens (tertiary/aromatic N) is 3. The molecule has 2 heterocycles. The molecule has 2 aliphatic rings. The zero-order chi connectivity index (χ0) is 26.0. The van der Waals surface area contributed by atoms with E-state index in [0.29, 0.717) is 0 Å². The summed E-state index contributed by atoms with van der Waals surface area (Å²) >= 11 is 0. The molecule has 2 saturated heterocycles. The Morgan fingerprint density at radius 1 is 1.09 bits per heavy atom. The number of benzene rings is 1. The van der Waals surface area contributed by atoms with E-state index in [1.807, 2.05) is 0 Å². The van der Waals surface area contributed by atoms with E-state index in [0.717, 1.165) is 24.0 Å². The number of anilines is 1. The van der Waals surface area contributed by atoms with Gasteiger partial charge < -0.3 is 24.4 Å². The van der Waals surface area contributed by atoms with Crippen LogP contribution in [-0.2, 0) is 27.0 Å². The molecule has 0 aliphatic carbocycles. The second-order valence-corrected chi connectivity index (χ2v) is 8.34. The summed E-state index contributed by atoms with van der Waals surface area (Å²) in [6.45, 7) is 1.40. The fourth-order valence-electron chi connectivity index (χ4n) is 3.85. The molecule has 0 aromatic heterocycles. The Hall–Kier alpha value is -2.74. The predicted octanol–water partition coefficient (Wildman–Crippen LogP) is 3.20. The maximum atomic E-state index is 13.6. The molecule has 1 N–H and O–H groups in total. The number of alkyl halides is 6. The maximum Gasteiger partial charge on any atom is 0.425 e. The summed E-state index contributed by atoms with van der Waals surface area (Å²) in [5.74, 6) is -1.22. The van der Waals surface area contributed by atoms with E-state index in [2.05, 4.69) is 4.74 Å². The fourth-order valence-corrected chi connectivity index (χ4v) is 3.85. The van der Waals surface area contributed by atoms with Gasteiger partial charge >= 0.3 is 24.4 Å². The number of piperazine rings is 1. The van der Waals surface area contributed by atoms with Crippen LogP contribution < -0.4 is 4.90 Å². The van der Waals surface area contributed by atoms with Crippen molar-refractivity contribution in [1.82, 2.24) is 9.80 Å². The Bertz CT molecular complexity index is 918. The molecule has 14 heteroatoms. The second-order valence-electron chi connectivity index (χ2n) is 8.34. The molecule has 2 atom stereocenters. The Kier molecular flexibility index (Phi) is 8.04. The first-order chi connectivity index (χ1) is 16.3. The molecular weight excluding hydrogens is 488 g/mol. The van der Waals surface area contributed by atoms with Gasteiger partial charge in [-0.3, -0.25) is 4.90 Å². The SMILES string of the molecule is CC(OC(=O)N1CCN(Cc2cc(N3CCOCC3C(=O)O)cc(C(F)(F)F)c2)CC1)C(F)(F)F.